The number of hydrogen-bond donors (Lipinski definition) is 2. The minimum Gasteiger partial charge on any atom is -0.366 e. The molecule has 4 rings (SSSR count). The maximum atomic E-state index is 12.8. The summed E-state index contributed by atoms with van der Waals surface area (Å²) >= 11 is 9.00. The topological polar surface area (TPSA) is 72.2 Å². The van der Waals surface area contributed by atoms with Crippen LogP contribution in [-0.4, -0.2) is 11.8 Å². The van der Waals surface area contributed by atoms with Crippen LogP contribution in [-0.2, 0) is 0 Å². The summed E-state index contributed by atoms with van der Waals surface area (Å²) in [5.41, 5.74) is 6.74. The summed E-state index contributed by atoms with van der Waals surface area (Å²) in [7, 11) is 0. The summed E-state index contributed by atoms with van der Waals surface area (Å²) in [5.74, 6) is -0.948. The minimum absolute atomic E-state index is 0.282. The Bertz CT molecular complexity index is 1170. The molecular weight excluding hydrogens is 400 g/mol. The smallest absolute Gasteiger partial charge is 0.267 e. The van der Waals surface area contributed by atoms with Crippen LogP contribution >= 0.6 is 34.3 Å². The highest BCUT2D eigenvalue weighted by Gasteiger charge is 2.21. The summed E-state index contributed by atoms with van der Waals surface area (Å²) < 4.78 is 0.930. The van der Waals surface area contributed by atoms with Gasteiger partial charge in [-0.05, 0) is 17.7 Å². The molecule has 27 heavy (non-hydrogen) atoms. The van der Waals surface area contributed by atoms with Crippen LogP contribution in [0.1, 0.15) is 20.0 Å². The Balaban J connectivity index is 1.71. The first-order valence-corrected chi connectivity index (χ1v) is 10.0. The summed E-state index contributed by atoms with van der Waals surface area (Å²) in [5, 5.41) is 4.47. The van der Waals surface area contributed by atoms with Crippen molar-refractivity contribution in [2.45, 2.75) is 0 Å². The highest BCUT2D eigenvalue weighted by atomic mass is 35.5. The molecule has 0 fully saturated rings. The molecule has 2 heterocycles. The van der Waals surface area contributed by atoms with E-state index in [0.717, 1.165) is 20.5 Å². The number of primary amides is 1. The van der Waals surface area contributed by atoms with Crippen LogP contribution < -0.4 is 11.1 Å². The zero-order valence-electron chi connectivity index (χ0n) is 13.9. The Hall–Kier alpha value is -2.67. The number of anilines is 1. The average Bonchev–Trinajstić information content (AvgIpc) is 3.24. The van der Waals surface area contributed by atoms with Gasteiger partial charge >= 0.3 is 0 Å². The van der Waals surface area contributed by atoms with Gasteiger partial charge in [-0.15, -0.1) is 22.7 Å². The molecule has 2 amide bonds. The number of carbonyl (C=O) groups is 2. The van der Waals surface area contributed by atoms with Gasteiger partial charge in [-0.1, -0.05) is 60.1 Å². The number of rotatable bonds is 4. The first-order valence-electron chi connectivity index (χ1n) is 8.02. The molecule has 7 heteroatoms. The molecule has 0 radical (unpaired) electrons. The Morgan fingerprint density at radius 1 is 0.963 bits per heavy atom. The fourth-order valence-corrected chi connectivity index (χ4v) is 5.21. The average molecular weight is 413 g/mol. The normalized spacial score (nSPS) is 10.9. The van der Waals surface area contributed by atoms with Crippen LogP contribution in [0, 0.1) is 0 Å². The van der Waals surface area contributed by atoms with Gasteiger partial charge in [-0.2, -0.15) is 0 Å². The first-order chi connectivity index (χ1) is 13.0. The third kappa shape index (κ3) is 3.35. The number of fused-ring (bicyclic) bond motifs is 1. The molecule has 2 aromatic heterocycles. The fraction of sp³-hybridized carbons (Fsp3) is 0. The third-order valence-electron chi connectivity index (χ3n) is 4.02. The van der Waals surface area contributed by atoms with Crippen molar-refractivity contribution in [3.05, 3.63) is 76.1 Å². The molecule has 0 atom stereocenters. The van der Waals surface area contributed by atoms with Gasteiger partial charge in [0.2, 0.25) is 0 Å². The van der Waals surface area contributed by atoms with Crippen molar-refractivity contribution in [2.75, 3.05) is 5.32 Å². The number of carbonyl (C=O) groups excluding carboxylic acids is 2. The molecule has 0 unspecified atom stereocenters. The van der Waals surface area contributed by atoms with E-state index in [-0.39, 0.29) is 11.5 Å². The van der Waals surface area contributed by atoms with Gasteiger partial charge < -0.3 is 11.1 Å². The molecule has 134 valence electrons. The van der Waals surface area contributed by atoms with Crippen LogP contribution in [0.5, 0.6) is 0 Å². The Morgan fingerprint density at radius 3 is 2.37 bits per heavy atom. The van der Waals surface area contributed by atoms with Crippen molar-refractivity contribution < 1.29 is 9.59 Å². The predicted octanol–water partition coefficient (Wildman–Crippen LogP) is 5.63. The number of benzene rings is 2. The highest BCUT2D eigenvalue weighted by Crippen LogP contribution is 2.38. The van der Waals surface area contributed by atoms with E-state index < -0.39 is 5.91 Å². The summed E-state index contributed by atoms with van der Waals surface area (Å²) in [6, 6.07) is 18.9. The summed E-state index contributed by atoms with van der Waals surface area (Å²) in [6.45, 7) is 0. The Labute approximate surface area is 168 Å². The molecule has 0 spiro atoms. The molecule has 0 saturated heterocycles. The molecule has 4 aromatic rings. The van der Waals surface area contributed by atoms with Crippen molar-refractivity contribution >= 4 is 61.2 Å². The van der Waals surface area contributed by atoms with Gasteiger partial charge in [0.05, 0.1) is 10.6 Å². The Morgan fingerprint density at radius 2 is 1.67 bits per heavy atom. The molecule has 0 aliphatic rings. The zero-order chi connectivity index (χ0) is 19.0. The number of amides is 2. The van der Waals surface area contributed by atoms with Crippen molar-refractivity contribution in [2.24, 2.45) is 5.73 Å². The maximum absolute atomic E-state index is 12.8. The van der Waals surface area contributed by atoms with E-state index in [9.17, 15) is 9.59 Å². The summed E-state index contributed by atoms with van der Waals surface area (Å²) in [4.78, 5) is 25.9. The van der Waals surface area contributed by atoms with Crippen LogP contribution in [0.2, 0.25) is 5.02 Å². The lowest BCUT2D eigenvalue weighted by Crippen LogP contribution is -2.16. The van der Waals surface area contributed by atoms with Crippen molar-refractivity contribution in [3.8, 4) is 10.4 Å². The van der Waals surface area contributed by atoms with E-state index in [4.69, 9.17) is 17.3 Å². The minimum atomic E-state index is -0.592. The van der Waals surface area contributed by atoms with E-state index in [1.807, 2.05) is 54.6 Å². The lowest BCUT2D eigenvalue weighted by Gasteiger charge is -2.03. The lowest BCUT2D eigenvalue weighted by atomic mass is 10.1. The van der Waals surface area contributed by atoms with E-state index in [2.05, 4.69) is 5.32 Å². The third-order valence-corrected chi connectivity index (χ3v) is 6.80. The molecule has 0 aliphatic carbocycles. The lowest BCUT2D eigenvalue weighted by molar-refractivity contribution is 0.100. The highest BCUT2D eigenvalue weighted by molar-refractivity contribution is 7.22. The van der Waals surface area contributed by atoms with Gasteiger partial charge in [0.1, 0.15) is 9.88 Å². The van der Waals surface area contributed by atoms with Gasteiger partial charge in [0.25, 0.3) is 11.8 Å². The van der Waals surface area contributed by atoms with E-state index in [1.54, 1.807) is 6.07 Å². The number of thiophene rings is 2. The second kappa shape index (κ2) is 7.15. The van der Waals surface area contributed by atoms with E-state index >= 15 is 0 Å². The second-order valence-corrected chi connectivity index (χ2v) is 8.26. The predicted molar refractivity (Wildman–Crippen MR) is 113 cm³/mol. The van der Waals surface area contributed by atoms with Crippen LogP contribution in [0.15, 0.2) is 60.7 Å². The standard InChI is InChI=1S/C20H13ClN2O2S2/c21-16-12-8-4-5-9-14(12)26-17(16)19(25)23-20-13(18(22)24)10-15(27-20)11-6-2-1-3-7-11/h1-10H,(H2,22,24)(H,23,25). The van der Waals surface area contributed by atoms with Crippen molar-refractivity contribution in [1.29, 1.82) is 0 Å². The van der Waals surface area contributed by atoms with Gasteiger partial charge in [-0.3, -0.25) is 9.59 Å². The van der Waals surface area contributed by atoms with Crippen LogP contribution in [0.4, 0.5) is 5.00 Å². The Kier molecular flexibility index (Phi) is 4.70. The molecule has 4 nitrogen and oxygen atoms in total. The molecule has 2 aromatic carbocycles. The van der Waals surface area contributed by atoms with Crippen LogP contribution in [0.25, 0.3) is 20.5 Å². The number of hydrogen-bond acceptors (Lipinski definition) is 4. The number of nitrogens with one attached hydrogen (secondary N) is 1. The SMILES string of the molecule is NC(=O)c1cc(-c2ccccc2)sc1NC(=O)c1sc2ccccc2c1Cl. The molecule has 0 bridgehead atoms. The monoisotopic (exact) mass is 412 g/mol. The van der Waals surface area contributed by atoms with Crippen molar-refractivity contribution in [1.82, 2.24) is 0 Å². The van der Waals surface area contributed by atoms with Gasteiger partial charge in [-0.25, -0.2) is 0 Å². The molecule has 3 N–H and O–H groups in total. The molecule has 0 saturated carbocycles. The zero-order valence-corrected chi connectivity index (χ0v) is 16.3. The summed E-state index contributed by atoms with van der Waals surface area (Å²) in [6.07, 6.45) is 0. The largest absolute Gasteiger partial charge is 0.366 e. The first kappa shape index (κ1) is 17.7. The van der Waals surface area contributed by atoms with Crippen LogP contribution in [0.3, 0.4) is 0 Å². The molecular formula is C20H13ClN2O2S2. The van der Waals surface area contributed by atoms with Gasteiger partial charge in [0.15, 0.2) is 0 Å². The fourth-order valence-electron chi connectivity index (χ4n) is 2.73. The maximum Gasteiger partial charge on any atom is 0.267 e. The quantitative estimate of drug-likeness (QED) is 0.455. The van der Waals surface area contributed by atoms with E-state index in [1.165, 1.54) is 22.7 Å². The number of nitrogens with two attached hydrogens (primary N) is 1. The van der Waals surface area contributed by atoms with Gasteiger partial charge in [0, 0.05) is 15.0 Å². The van der Waals surface area contributed by atoms with Crippen molar-refractivity contribution in [3.63, 3.8) is 0 Å². The van der Waals surface area contributed by atoms with E-state index in [0.29, 0.717) is 14.9 Å². The second-order valence-electron chi connectivity index (χ2n) is 5.78. The molecule has 0 aliphatic heterocycles. The number of halogens is 1.